The van der Waals surface area contributed by atoms with Gasteiger partial charge < -0.3 is 14.7 Å². The van der Waals surface area contributed by atoms with Crippen molar-refractivity contribution < 1.29 is 9.59 Å². The Hall–Kier alpha value is -2.36. The van der Waals surface area contributed by atoms with Gasteiger partial charge in [0.1, 0.15) is 0 Å². The Morgan fingerprint density at radius 2 is 1.93 bits per heavy atom. The molecule has 2 saturated heterocycles. The number of aromatic nitrogens is 2. The van der Waals surface area contributed by atoms with Gasteiger partial charge in [-0.3, -0.25) is 10.1 Å². The molecule has 10 heteroatoms. The third kappa shape index (κ3) is 3.78. The average Bonchev–Trinajstić information content (AvgIpc) is 3.11. The van der Waals surface area contributed by atoms with Gasteiger partial charge in [-0.15, -0.1) is 0 Å². The van der Waals surface area contributed by atoms with Crippen molar-refractivity contribution in [2.24, 2.45) is 4.99 Å². The van der Waals surface area contributed by atoms with Crippen LogP contribution in [0, 0.1) is 0 Å². The SMILES string of the molecule is CN1C(=O)NC(=O)C2C1N=C(N1CCCCC1)N2CCCSc1ncccn1. The van der Waals surface area contributed by atoms with Crippen LogP contribution in [-0.4, -0.2) is 87.2 Å². The summed E-state index contributed by atoms with van der Waals surface area (Å²) in [6.45, 7) is 2.59. The van der Waals surface area contributed by atoms with E-state index in [2.05, 4.69) is 25.1 Å². The maximum atomic E-state index is 12.6. The van der Waals surface area contributed by atoms with Crippen LogP contribution in [0.25, 0.3) is 0 Å². The van der Waals surface area contributed by atoms with Crippen LogP contribution in [0.15, 0.2) is 28.6 Å². The highest BCUT2D eigenvalue weighted by Gasteiger charge is 2.49. The molecule has 3 aliphatic heterocycles. The number of carbonyl (C=O) groups excluding carboxylic acids is 2. The molecule has 3 amide bonds. The number of nitrogens with zero attached hydrogens (tertiary/aromatic N) is 6. The molecule has 2 atom stereocenters. The molecule has 0 aromatic carbocycles. The maximum absolute atomic E-state index is 12.6. The number of nitrogens with one attached hydrogen (secondary N) is 1. The number of piperidine rings is 1. The van der Waals surface area contributed by atoms with Crippen molar-refractivity contribution in [3.05, 3.63) is 18.5 Å². The van der Waals surface area contributed by atoms with Gasteiger partial charge in [-0.2, -0.15) is 0 Å². The third-order valence-electron chi connectivity index (χ3n) is 5.29. The average molecular weight is 404 g/mol. The van der Waals surface area contributed by atoms with E-state index in [9.17, 15) is 9.59 Å². The van der Waals surface area contributed by atoms with E-state index >= 15 is 0 Å². The molecule has 0 bridgehead atoms. The normalized spacial score (nSPS) is 24.9. The van der Waals surface area contributed by atoms with Crippen molar-refractivity contribution in [3.63, 3.8) is 0 Å². The van der Waals surface area contributed by atoms with Crippen molar-refractivity contribution >= 4 is 29.7 Å². The van der Waals surface area contributed by atoms with Crippen LogP contribution in [0.5, 0.6) is 0 Å². The number of guanidine groups is 1. The smallest absolute Gasteiger partial charge is 0.325 e. The minimum atomic E-state index is -0.461. The highest BCUT2D eigenvalue weighted by atomic mass is 32.2. The van der Waals surface area contributed by atoms with E-state index in [1.165, 1.54) is 11.3 Å². The second-order valence-electron chi connectivity index (χ2n) is 7.17. The number of likely N-dealkylation sites (tertiary alicyclic amines) is 1. The third-order valence-corrected chi connectivity index (χ3v) is 6.26. The molecule has 1 aromatic rings. The van der Waals surface area contributed by atoms with E-state index in [0.29, 0.717) is 6.54 Å². The highest BCUT2D eigenvalue weighted by Crippen LogP contribution is 2.27. The van der Waals surface area contributed by atoms with Crippen molar-refractivity contribution in [1.82, 2.24) is 30.0 Å². The Morgan fingerprint density at radius 3 is 2.68 bits per heavy atom. The minimum absolute atomic E-state index is 0.261. The van der Waals surface area contributed by atoms with Gasteiger partial charge in [0.15, 0.2) is 23.3 Å². The Morgan fingerprint density at radius 1 is 1.18 bits per heavy atom. The molecule has 0 saturated carbocycles. The number of rotatable bonds is 5. The summed E-state index contributed by atoms with van der Waals surface area (Å²) in [5, 5.41) is 3.22. The standard InChI is InChI=1S/C18H25N7O2S/c1-23-14-13(15(26)22-18(23)27)25(17(21-14)24-9-3-2-4-10-24)11-6-12-28-16-19-7-5-8-20-16/h5,7-8,13-14H,2-4,6,9-12H2,1H3,(H,22,26,27). The van der Waals surface area contributed by atoms with Crippen LogP contribution < -0.4 is 5.32 Å². The number of imide groups is 1. The summed E-state index contributed by atoms with van der Waals surface area (Å²) in [4.78, 5) is 43.8. The summed E-state index contributed by atoms with van der Waals surface area (Å²) >= 11 is 1.60. The fourth-order valence-corrected chi connectivity index (χ4v) is 4.59. The summed E-state index contributed by atoms with van der Waals surface area (Å²) in [5.41, 5.74) is 0. The van der Waals surface area contributed by atoms with Gasteiger partial charge in [0, 0.05) is 44.8 Å². The van der Waals surface area contributed by atoms with Crippen molar-refractivity contribution in [1.29, 1.82) is 0 Å². The predicted molar refractivity (Wildman–Crippen MR) is 106 cm³/mol. The number of hydrogen-bond donors (Lipinski definition) is 1. The second kappa shape index (κ2) is 8.34. The van der Waals surface area contributed by atoms with E-state index in [-0.39, 0.29) is 11.9 Å². The first-order valence-electron chi connectivity index (χ1n) is 9.72. The van der Waals surface area contributed by atoms with Gasteiger partial charge >= 0.3 is 6.03 Å². The zero-order chi connectivity index (χ0) is 19.5. The number of amides is 3. The molecule has 1 N–H and O–H groups in total. The molecule has 2 fully saturated rings. The highest BCUT2D eigenvalue weighted by molar-refractivity contribution is 7.99. The first-order chi connectivity index (χ1) is 13.6. The molecule has 4 heterocycles. The number of carbonyl (C=O) groups is 2. The van der Waals surface area contributed by atoms with E-state index in [1.54, 1.807) is 37.3 Å². The number of urea groups is 1. The zero-order valence-electron chi connectivity index (χ0n) is 16.0. The first-order valence-corrected chi connectivity index (χ1v) is 10.7. The van der Waals surface area contributed by atoms with E-state index in [1.807, 2.05) is 0 Å². The number of fused-ring (bicyclic) bond motifs is 1. The van der Waals surface area contributed by atoms with E-state index in [4.69, 9.17) is 4.99 Å². The van der Waals surface area contributed by atoms with Gasteiger partial charge in [0.05, 0.1) is 0 Å². The number of aliphatic imine (C=N–C) groups is 1. The fourth-order valence-electron chi connectivity index (χ4n) is 3.87. The van der Waals surface area contributed by atoms with Crippen LogP contribution in [0.4, 0.5) is 4.79 Å². The van der Waals surface area contributed by atoms with E-state index in [0.717, 1.165) is 49.2 Å². The van der Waals surface area contributed by atoms with Crippen molar-refractivity contribution in [2.75, 3.05) is 32.4 Å². The van der Waals surface area contributed by atoms with Gasteiger partial charge in [-0.1, -0.05) is 11.8 Å². The van der Waals surface area contributed by atoms with Crippen LogP contribution in [0.1, 0.15) is 25.7 Å². The predicted octanol–water partition coefficient (Wildman–Crippen LogP) is 0.993. The van der Waals surface area contributed by atoms with Gasteiger partial charge in [0.25, 0.3) is 5.91 Å². The summed E-state index contributed by atoms with van der Waals surface area (Å²) in [6, 6.07) is 0.958. The lowest BCUT2D eigenvalue weighted by Gasteiger charge is -2.38. The topological polar surface area (TPSA) is 94.0 Å². The molecule has 0 aliphatic carbocycles. The first kappa shape index (κ1) is 19.0. The van der Waals surface area contributed by atoms with Crippen LogP contribution in [0.2, 0.25) is 0 Å². The van der Waals surface area contributed by atoms with Crippen molar-refractivity contribution in [2.45, 2.75) is 43.0 Å². The molecular formula is C18H25N7O2S. The van der Waals surface area contributed by atoms with Gasteiger partial charge in [-0.05, 0) is 31.7 Å². The molecule has 150 valence electrons. The maximum Gasteiger partial charge on any atom is 0.325 e. The summed E-state index contributed by atoms with van der Waals surface area (Å²) in [5.74, 6) is 1.44. The summed E-state index contributed by atoms with van der Waals surface area (Å²) in [7, 11) is 1.70. The fraction of sp³-hybridized carbons (Fsp3) is 0.611. The van der Waals surface area contributed by atoms with Crippen LogP contribution in [-0.2, 0) is 4.79 Å². The molecule has 0 radical (unpaired) electrons. The molecule has 4 rings (SSSR count). The molecule has 1 aromatic heterocycles. The quantitative estimate of drug-likeness (QED) is 0.445. The Bertz CT molecular complexity index is 754. The second-order valence-corrected chi connectivity index (χ2v) is 8.23. The molecule has 2 unspecified atom stereocenters. The molecule has 28 heavy (non-hydrogen) atoms. The number of likely N-dealkylation sites (N-methyl/N-ethyl adjacent to an activating group) is 1. The van der Waals surface area contributed by atoms with Crippen LogP contribution >= 0.6 is 11.8 Å². The number of thioether (sulfide) groups is 1. The summed E-state index contributed by atoms with van der Waals surface area (Å²) < 4.78 is 0. The Kier molecular flexibility index (Phi) is 5.65. The molecule has 0 spiro atoms. The van der Waals surface area contributed by atoms with Crippen molar-refractivity contribution in [3.8, 4) is 0 Å². The molecule has 3 aliphatic rings. The van der Waals surface area contributed by atoms with Gasteiger partial charge in [-0.25, -0.2) is 19.8 Å². The monoisotopic (exact) mass is 403 g/mol. The van der Waals surface area contributed by atoms with Crippen LogP contribution in [0.3, 0.4) is 0 Å². The zero-order valence-corrected chi connectivity index (χ0v) is 16.8. The lowest BCUT2D eigenvalue weighted by Crippen LogP contribution is -2.64. The Labute approximate surface area is 168 Å². The lowest BCUT2D eigenvalue weighted by atomic mass is 10.1. The largest absolute Gasteiger partial charge is 0.343 e. The molecular weight excluding hydrogens is 378 g/mol. The Balaban J connectivity index is 1.46. The van der Waals surface area contributed by atoms with Gasteiger partial charge in [0.2, 0.25) is 0 Å². The summed E-state index contributed by atoms with van der Waals surface area (Å²) in [6.07, 6.45) is 7.37. The minimum Gasteiger partial charge on any atom is -0.343 e. The molecule has 9 nitrogen and oxygen atoms in total. The van der Waals surface area contributed by atoms with E-state index < -0.39 is 12.2 Å². The number of hydrogen-bond acceptors (Lipinski definition) is 8. The lowest BCUT2D eigenvalue weighted by molar-refractivity contribution is -0.127.